The van der Waals surface area contributed by atoms with Crippen molar-refractivity contribution in [3.05, 3.63) is 27.7 Å². The minimum Gasteiger partial charge on any atom is -0.392 e. The summed E-state index contributed by atoms with van der Waals surface area (Å²) in [7, 11) is -2.31. The van der Waals surface area contributed by atoms with E-state index in [2.05, 4.69) is 4.72 Å². The second-order valence-electron chi connectivity index (χ2n) is 4.56. The van der Waals surface area contributed by atoms with Gasteiger partial charge in [-0.1, -0.05) is 36.5 Å². The Morgan fingerprint density at radius 2 is 2.05 bits per heavy atom. The number of halogens is 2. The van der Waals surface area contributed by atoms with Gasteiger partial charge in [-0.25, -0.2) is 13.1 Å². The van der Waals surface area contributed by atoms with Gasteiger partial charge in [-0.2, -0.15) is 0 Å². The minimum absolute atomic E-state index is 0.0647. The van der Waals surface area contributed by atoms with Crippen LogP contribution in [0.2, 0.25) is 10.0 Å². The molecule has 120 valence electrons. The van der Waals surface area contributed by atoms with Gasteiger partial charge in [0.1, 0.15) is 4.90 Å². The molecule has 0 aromatic heterocycles. The number of ether oxygens (including phenoxy) is 1. The number of rotatable bonds is 8. The van der Waals surface area contributed by atoms with Gasteiger partial charge in [0.05, 0.1) is 18.2 Å². The van der Waals surface area contributed by atoms with Crippen molar-refractivity contribution in [2.45, 2.75) is 37.3 Å². The predicted octanol–water partition coefficient (Wildman–Crippen LogP) is 2.58. The van der Waals surface area contributed by atoms with Gasteiger partial charge in [0.2, 0.25) is 10.0 Å². The van der Waals surface area contributed by atoms with Crippen molar-refractivity contribution in [1.82, 2.24) is 4.72 Å². The molecule has 21 heavy (non-hydrogen) atoms. The van der Waals surface area contributed by atoms with Crippen molar-refractivity contribution >= 4 is 33.2 Å². The lowest BCUT2D eigenvalue weighted by molar-refractivity contribution is 0.171. The quantitative estimate of drug-likeness (QED) is 0.751. The zero-order chi connectivity index (χ0) is 16.0. The Morgan fingerprint density at radius 3 is 2.57 bits per heavy atom. The maximum absolute atomic E-state index is 12.4. The minimum atomic E-state index is -3.82. The first kappa shape index (κ1) is 18.7. The van der Waals surface area contributed by atoms with Crippen molar-refractivity contribution in [3.63, 3.8) is 0 Å². The van der Waals surface area contributed by atoms with Crippen LogP contribution >= 0.6 is 23.2 Å². The highest BCUT2D eigenvalue weighted by molar-refractivity contribution is 7.89. The molecule has 8 heteroatoms. The standard InChI is InChI=1S/C13H19Cl2NO4S/c1-3-4-9(8-20-2)16-21(18,19)12-6-5-11(14)10(7-17)13(12)15/h5-6,9,16-17H,3-4,7-8H2,1-2H3. The Labute approximate surface area is 135 Å². The average Bonchev–Trinajstić information content (AvgIpc) is 2.39. The van der Waals surface area contributed by atoms with Gasteiger partial charge in [0.25, 0.3) is 0 Å². The van der Waals surface area contributed by atoms with Crippen molar-refractivity contribution < 1.29 is 18.3 Å². The molecule has 0 heterocycles. The molecule has 0 saturated carbocycles. The van der Waals surface area contributed by atoms with Gasteiger partial charge in [0, 0.05) is 23.7 Å². The van der Waals surface area contributed by atoms with E-state index in [4.69, 9.17) is 27.9 Å². The van der Waals surface area contributed by atoms with E-state index in [1.165, 1.54) is 19.2 Å². The van der Waals surface area contributed by atoms with Crippen LogP contribution in [0.5, 0.6) is 0 Å². The van der Waals surface area contributed by atoms with E-state index in [-0.39, 0.29) is 33.2 Å². The Hall–Kier alpha value is -0.370. The molecule has 1 atom stereocenters. The lowest BCUT2D eigenvalue weighted by Gasteiger charge is -2.18. The molecular weight excluding hydrogens is 337 g/mol. The first-order chi connectivity index (χ1) is 9.87. The summed E-state index contributed by atoms with van der Waals surface area (Å²) in [5.41, 5.74) is 0.194. The zero-order valence-electron chi connectivity index (χ0n) is 11.9. The molecule has 0 radical (unpaired) electrons. The average molecular weight is 356 g/mol. The van der Waals surface area contributed by atoms with Crippen LogP contribution in [-0.2, 0) is 21.4 Å². The van der Waals surface area contributed by atoms with Crippen molar-refractivity contribution in [3.8, 4) is 0 Å². The topological polar surface area (TPSA) is 75.6 Å². The smallest absolute Gasteiger partial charge is 0.242 e. The van der Waals surface area contributed by atoms with Crippen LogP contribution in [0.25, 0.3) is 0 Å². The van der Waals surface area contributed by atoms with E-state index >= 15 is 0 Å². The Bertz CT molecular complexity index is 572. The number of nitrogens with one attached hydrogen (secondary N) is 1. The van der Waals surface area contributed by atoms with Gasteiger partial charge in [-0.3, -0.25) is 0 Å². The molecule has 1 aromatic carbocycles. The largest absolute Gasteiger partial charge is 0.392 e. The van der Waals surface area contributed by atoms with Crippen LogP contribution in [0.1, 0.15) is 25.3 Å². The summed E-state index contributed by atoms with van der Waals surface area (Å²) in [6, 6.07) is 2.38. The first-order valence-electron chi connectivity index (χ1n) is 6.46. The fraction of sp³-hybridized carbons (Fsp3) is 0.538. The Kier molecular flexibility index (Phi) is 7.39. The van der Waals surface area contributed by atoms with E-state index in [0.29, 0.717) is 6.42 Å². The predicted molar refractivity (Wildman–Crippen MR) is 83.3 cm³/mol. The number of sulfonamides is 1. The highest BCUT2D eigenvalue weighted by Crippen LogP contribution is 2.31. The molecule has 0 aliphatic heterocycles. The molecule has 1 unspecified atom stereocenters. The molecule has 0 saturated heterocycles. The molecule has 0 aliphatic carbocycles. The third-order valence-corrected chi connectivity index (χ3v) is 5.39. The summed E-state index contributed by atoms with van der Waals surface area (Å²) < 4.78 is 32.4. The first-order valence-corrected chi connectivity index (χ1v) is 8.70. The zero-order valence-corrected chi connectivity index (χ0v) is 14.2. The van der Waals surface area contributed by atoms with E-state index in [1.807, 2.05) is 6.92 Å². The third-order valence-electron chi connectivity index (χ3n) is 2.93. The molecule has 1 rings (SSSR count). The van der Waals surface area contributed by atoms with Crippen LogP contribution in [0, 0.1) is 0 Å². The van der Waals surface area contributed by atoms with Gasteiger partial charge in [0.15, 0.2) is 0 Å². The van der Waals surface area contributed by atoms with Crippen molar-refractivity contribution in [1.29, 1.82) is 0 Å². The molecule has 0 aliphatic rings. The second-order valence-corrected chi connectivity index (χ2v) is 7.03. The number of hydrogen-bond acceptors (Lipinski definition) is 4. The molecule has 1 aromatic rings. The van der Waals surface area contributed by atoms with E-state index in [0.717, 1.165) is 6.42 Å². The Morgan fingerprint density at radius 1 is 1.38 bits per heavy atom. The fourth-order valence-corrected chi connectivity index (χ4v) is 4.09. The van der Waals surface area contributed by atoms with Crippen molar-refractivity contribution in [2.24, 2.45) is 0 Å². The monoisotopic (exact) mass is 355 g/mol. The normalized spacial score (nSPS) is 13.4. The van der Waals surface area contributed by atoms with Crippen LogP contribution in [0.4, 0.5) is 0 Å². The van der Waals surface area contributed by atoms with Gasteiger partial charge in [-0.15, -0.1) is 0 Å². The summed E-state index contributed by atoms with van der Waals surface area (Å²) in [4.78, 5) is -0.102. The maximum atomic E-state index is 12.4. The van der Waals surface area contributed by atoms with Crippen LogP contribution in [0.15, 0.2) is 17.0 Å². The highest BCUT2D eigenvalue weighted by Gasteiger charge is 2.24. The molecule has 5 nitrogen and oxygen atoms in total. The number of hydrogen-bond donors (Lipinski definition) is 2. The number of methoxy groups -OCH3 is 1. The van der Waals surface area contributed by atoms with Gasteiger partial charge < -0.3 is 9.84 Å². The van der Waals surface area contributed by atoms with Gasteiger partial charge in [-0.05, 0) is 18.6 Å². The van der Waals surface area contributed by atoms with Crippen LogP contribution in [-0.4, -0.2) is 33.3 Å². The molecule has 2 N–H and O–H groups in total. The van der Waals surface area contributed by atoms with E-state index in [9.17, 15) is 13.5 Å². The third kappa shape index (κ3) is 4.81. The number of aliphatic hydroxyl groups excluding tert-OH is 1. The van der Waals surface area contributed by atoms with Crippen LogP contribution < -0.4 is 4.72 Å². The SMILES string of the molecule is CCCC(COC)NS(=O)(=O)c1ccc(Cl)c(CO)c1Cl. The molecule has 0 spiro atoms. The summed E-state index contributed by atoms with van der Waals surface area (Å²) >= 11 is 11.9. The number of benzene rings is 1. The van der Waals surface area contributed by atoms with E-state index < -0.39 is 16.6 Å². The van der Waals surface area contributed by atoms with Gasteiger partial charge >= 0.3 is 0 Å². The molecule has 0 fully saturated rings. The second kappa shape index (κ2) is 8.31. The number of aliphatic hydroxyl groups is 1. The lowest BCUT2D eigenvalue weighted by atomic mass is 10.2. The molecular formula is C13H19Cl2NO4S. The van der Waals surface area contributed by atoms with Crippen LogP contribution in [0.3, 0.4) is 0 Å². The maximum Gasteiger partial charge on any atom is 0.242 e. The highest BCUT2D eigenvalue weighted by atomic mass is 35.5. The van der Waals surface area contributed by atoms with E-state index in [1.54, 1.807) is 0 Å². The molecule has 0 amide bonds. The summed E-state index contributed by atoms with van der Waals surface area (Å²) in [5, 5.41) is 9.40. The Balaban J connectivity index is 3.13. The fourth-order valence-electron chi connectivity index (χ4n) is 1.94. The molecule has 0 bridgehead atoms. The summed E-state index contributed by atoms with van der Waals surface area (Å²) in [6.45, 7) is 1.79. The lowest BCUT2D eigenvalue weighted by Crippen LogP contribution is -2.38. The summed E-state index contributed by atoms with van der Waals surface area (Å²) in [5.74, 6) is 0. The summed E-state index contributed by atoms with van der Waals surface area (Å²) in [6.07, 6.45) is 1.46. The van der Waals surface area contributed by atoms with Crippen molar-refractivity contribution in [2.75, 3.05) is 13.7 Å².